The van der Waals surface area contributed by atoms with Gasteiger partial charge in [0.05, 0.1) is 10.9 Å². The first-order chi connectivity index (χ1) is 10.7. The average molecular weight is 299 g/mol. The lowest BCUT2D eigenvalue weighted by atomic mass is 10.2. The Morgan fingerprint density at radius 3 is 3.09 bits per heavy atom. The first kappa shape index (κ1) is 13.3. The highest BCUT2D eigenvalue weighted by Gasteiger charge is 2.23. The fraction of sp³-hybridized carbons (Fsp3) is 0.438. The van der Waals surface area contributed by atoms with Crippen LogP contribution in [0.15, 0.2) is 23.0 Å². The standard InChI is InChI=1S/C16H17N3O3/c20-15(17-10-3-4-10)9-22-11-5-6-13-12(8-11)16(21)19-7-1-2-14(19)18-13/h5-6,8,10H,1-4,7,9H2,(H,17,20). The van der Waals surface area contributed by atoms with Gasteiger partial charge in [-0.1, -0.05) is 0 Å². The summed E-state index contributed by atoms with van der Waals surface area (Å²) in [6, 6.07) is 5.54. The molecule has 0 unspecified atom stereocenters. The van der Waals surface area contributed by atoms with Crippen molar-refractivity contribution in [3.63, 3.8) is 0 Å². The molecule has 0 radical (unpaired) electrons. The molecule has 1 N–H and O–H groups in total. The van der Waals surface area contributed by atoms with Crippen LogP contribution in [0.25, 0.3) is 10.9 Å². The summed E-state index contributed by atoms with van der Waals surface area (Å²) in [7, 11) is 0. The number of hydrogen-bond donors (Lipinski definition) is 1. The first-order valence-electron chi connectivity index (χ1n) is 7.66. The Bertz CT molecular complexity index is 808. The van der Waals surface area contributed by atoms with E-state index in [4.69, 9.17) is 4.74 Å². The van der Waals surface area contributed by atoms with E-state index in [2.05, 4.69) is 10.3 Å². The lowest BCUT2D eigenvalue weighted by Gasteiger charge is -2.09. The number of aryl methyl sites for hydroxylation is 1. The minimum absolute atomic E-state index is 0.0228. The molecule has 6 heteroatoms. The average Bonchev–Trinajstić information content (AvgIpc) is 3.20. The van der Waals surface area contributed by atoms with Gasteiger partial charge in [0.1, 0.15) is 11.6 Å². The molecule has 114 valence electrons. The highest BCUT2D eigenvalue weighted by atomic mass is 16.5. The van der Waals surface area contributed by atoms with Gasteiger partial charge in [-0.25, -0.2) is 4.98 Å². The van der Waals surface area contributed by atoms with Gasteiger partial charge in [0.15, 0.2) is 6.61 Å². The van der Waals surface area contributed by atoms with Crippen molar-refractivity contribution in [3.8, 4) is 5.75 Å². The Balaban J connectivity index is 1.57. The molecule has 1 aromatic heterocycles. The van der Waals surface area contributed by atoms with Gasteiger partial charge in [0, 0.05) is 19.0 Å². The maximum absolute atomic E-state index is 12.5. The SMILES string of the molecule is O=C(COc1ccc2nc3n(c(=O)c2c1)CCC3)NC1CC1. The van der Waals surface area contributed by atoms with Crippen LogP contribution >= 0.6 is 0 Å². The van der Waals surface area contributed by atoms with E-state index in [9.17, 15) is 9.59 Å². The lowest BCUT2D eigenvalue weighted by Crippen LogP contribution is -2.30. The number of fused-ring (bicyclic) bond motifs is 2. The molecular formula is C16H17N3O3. The third-order valence-electron chi connectivity index (χ3n) is 4.10. The second-order valence-electron chi connectivity index (χ2n) is 5.90. The summed E-state index contributed by atoms with van der Waals surface area (Å²) < 4.78 is 7.22. The fourth-order valence-corrected chi connectivity index (χ4v) is 2.80. The van der Waals surface area contributed by atoms with Gasteiger partial charge >= 0.3 is 0 Å². The number of amides is 1. The van der Waals surface area contributed by atoms with Crippen molar-refractivity contribution in [1.29, 1.82) is 0 Å². The van der Waals surface area contributed by atoms with E-state index in [1.807, 2.05) is 0 Å². The molecule has 2 aliphatic rings. The molecule has 1 aromatic carbocycles. The molecule has 0 bridgehead atoms. The molecule has 4 rings (SSSR count). The number of nitrogens with one attached hydrogen (secondary N) is 1. The number of hydrogen-bond acceptors (Lipinski definition) is 4. The summed E-state index contributed by atoms with van der Waals surface area (Å²) in [4.78, 5) is 28.6. The third kappa shape index (κ3) is 2.45. The second-order valence-corrected chi connectivity index (χ2v) is 5.90. The minimum Gasteiger partial charge on any atom is -0.484 e. The Kier molecular flexibility index (Phi) is 3.10. The van der Waals surface area contributed by atoms with Crippen LogP contribution in [0.2, 0.25) is 0 Å². The molecule has 1 amide bonds. The Morgan fingerprint density at radius 2 is 2.27 bits per heavy atom. The molecule has 0 saturated heterocycles. The molecule has 2 aromatic rings. The molecule has 1 saturated carbocycles. The molecule has 1 fully saturated rings. The Hall–Kier alpha value is -2.37. The summed E-state index contributed by atoms with van der Waals surface area (Å²) in [5.41, 5.74) is 0.665. The number of aromatic nitrogens is 2. The van der Waals surface area contributed by atoms with Gasteiger partial charge in [-0.15, -0.1) is 0 Å². The van der Waals surface area contributed by atoms with Gasteiger partial charge in [0.25, 0.3) is 11.5 Å². The molecule has 6 nitrogen and oxygen atoms in total. The smallest absolute Gasteiger partial charge is 0.261 e. The Morgan fingerprint density at radius 1 is 1.41 bits per heavy atom. The van der Waals surface area contributed by atoms with Crippen molar-refractivity contribution >= 4 is 16.8 Å². The van der Waals surface area contributed by atoms with Crippen LogP contribution in [-0.2, 0) is 17.8 Å². The number of ether oxygens (including phenoxy) is 1. The van der Waals surface area contributed by atoms with Crippen LogP contribution < -0.4 is 15.6 Å². The van der Waals surface area contributed by atoms with Crippen molar-refractivity contribution in [2.45, 2.75) is 38.3 Å². The van der Waals surface area contributed by atoms with Crippen LogP contribution in [0, 0.1) is 0 Å². The predicted molar refractivity (Wildman–Crippen MR) is 81.0 cm³/mol. The van der Waals surface area contributed by atoms with Crippen molar-refractivity contribution < 1.29 is 9.53 Å². The van der Waals surface area contributed by atoms with Crippen molar-refractivity contribution in [2.24, 2.45) is 0 Å². The van der Waals surface area contributed by atoms with Crippen LogP contribution in [-0.4, -0.2) is 28.1 Å². The van der Waals surface area contributed by atoms with Gasteiger partial charge in [-0.05, 0) is 37.5 Å². The Labute approximate surface area is 127 Å². The highest BCUT2D eigenvalue weighted by Crippen LogP contribution is 2.20. The van der Waals surface area contributed by atoms with Crippen molar-refractivity contribution in [1.82, 2.24) is 14.9 Å². The topological polar surface area (TPSA) is 73.2 Å². The molecule has 0 atom stereocenters. The molecule has 2 heterocycles. The van der Waals surface area contributed by atoms with E-state index < -0.39 is 0 Å². The van der Waals surface area contributed by atoms with Crippen LogP contribution in [0.5, 0.6) is 5.75 Å². The zero-order chi connectivity index (χ0) is 15.1. The van der Waals surface area contributed by atoms with E-state index in [0.717, 1.165) is 38.1 Å². The quantitative estimate of drug-likeness (QED) is 0.914. The summed E-state index contributed by atoms with van der Waals surface area (Å²) in [6.45, 7) is 0.702. The molecule has 0 spiro atoms. The molecule has 1 aliphatic heterocycles. The largest absolute Gasteiger partial charge is 0.484 e. The van der Waals surface area contributed by atoms with E-state index in [-0.39, 0.29) is 18.1 Å². The minimum atomic E-state index is -0.119. The summed E-state index contributed by atoms with van der Waals surface area (Å²) >= 11 is 0. The van der Waals surface area contributed by atoms with E-state index >= 15 is 0 Å². The van der Waals surface area contributed by atoms with E-state index in [0.29, 0.717) is 22.7 Å². The predicted octanol–water partition coefficient (Wildman–Crippen LogP) is 1.00. The van der Waals surface area contributed by atoms with Crippen molar-refractivity contribution in [3.05, 3.63) is 34.4 Å². The van der Waals surface area contributed by atoms with Crippen molar-refractivity contribution in [2.75, 3.05) is 6.61 Å². The first-order valence-corrected chi connectivity index (χ1v) is 7.66. The summed E-state index contributed by atoms with van der Waals surface area (Å²) in [6.07, 6.45) is 3.92. The monoisotopic (exact) mass is 299 g/mol. The zero-order valence-electron chi connectivity index (χ0n) is 12.2. The molecule has 22 heavy (non-hydrogen) atoms. The summed E-state index contributed by atoms with van der Waals surface area (Å²) in [5, 5.41) is 3.41. The summed E-state index contributed by atoms with van der Waals surface area (Å²) in [5.74, 6) is 1.26. The maximum Gasteiger partial charge on any atom is 0.261 e. The number of nitrogens with zero attached hydrogens (tertiary/aromatic N) is 2. The molecule has 1 aliphatic carbocycles. The normalized spacial score (nSPS) is 16.5. The highest BCUT2D eigenvalue weighted by molar-refractivity contribution is 5.80. The van der Waals surface area contributed by atoms with Crippen LogP contribution in [0.1, 0.15) is 25.1 Å². The van der Waals surface area contributed by atoms with E-state index in [1.165, 1.54) is 0 Å². The van der Waals surface area contributed by atoms with Crippen LogP contribution in [0.4, 0.5) is 0 Å². The van der Waals surface area contributed by atoms with Gasteiger partial charge in [-0.2, -0.15) is 0 Å². The number of carbonyl (C=O) groups excluding carboxylic acids is 1. The number of rotatable bonds is 4. The number of benzene rings is 1. The van der Waals surface area contributed by atoms with Gasteiger partial charge in [-0.3, -0.25) is 14.2 Å². The van der Waals surface area contributed by atoms with Crippen LogP contribution in [0.3, 0.4) is 0 Å². The van der Waals surface area contributed by atoms with E-state index in [1.54, 1.807) is 22.8 Å². The lowest BCUT2D eigenvalue weighted by molar-refractivity contribution is -0.123. The van der Waals surface area contributed by atoms with Gasteiger partial charge in [0.2, 0.25) is 0 Å². The third-order valence-corrected chi connectivity index (χ3v) is 4.10. The second kappa shape index (κ2) is 5.12. The zero-order valence-corrected chi connectivity index (χ0v) is 12.2. The van der Waals surface area contributed by atoms with Gasteiger partial charge < -0.3 is 10.1 Å². The number of carbonyl (C=O) groups is 1. The fourth-order valence-electron chi connectivity index (χ4n) is 2.80. The maximum atomic E-state index is 12.5. The molecular weight excluding hydrogens is 282 g/mol.